The summed E-state index contributed by atoms with van der Waals surface area (Å²) in [5.41, 5.74) is 0. The van der Waals surface area contributed by atoms with Crippen molar-refractivity contribution in [1.29, 1.82) is 0 Å². The third kappa shape index (κ3) is 2.11. The highest BCUT2D eigenvalue weighted by molar-refractivity contribution is 7.85. The number of nitrogens with zero attached hydrogens (tertiary/aromatic N) is 2. The topological polar surface area (TPSA) is 80.2 Å². The minimum Gasteiger partial charge on any atom is -0.281 e. The molecule has 0 aromatic carbocycles. The Hall–Kier alpha value is -0.720. The lowest BCUT2D eigenvalue weighted by Gasteiger charge is -1.92. The summed E-state index contributed by atoms with van der Waals surface area (Å²) < 4.78 is 29.1. The van der Waals surface area contributed by atoms with Gasteiger partial charge in [-0.15, -0.1) is 0 Å². The first-order valence-electron chi connectivity index (χ1n) is 2.45. The lowest BCUT2D eigenvalue weighted by atomic mass is 10.8. The summed E-state index contributed by atoms with van der Waals surface area (Å²) in [6, 6.07) is 0. The molecule has 0 fully saturated rings. The van der Waals surface area contributed by atoms with Gasteiger partial charge in [0.05, 0.1) is 12.4 Å². The summed E-state index contributed by atoms with van der Waals surface area (Å²) in [5, 5.41) is -0.445. The predicted molar refractivity (Wildman–Crippen MR) is 36.9 cm³/mol. The van der Waals surface area contributed by atoms with Crippen molar-refractivity contribution in [3.05, 3.63) is 17.5 Å². The molecular weight excluding hydrogens is 192 g/mol. The maximum Gasteiger partial charge on any atom is 0.313 e. The lowest BCUT2D eigenvalue weighted by Crippen LogP contribution is -2.01. The van der Waals surface area contributed by atoms with E-state index in [2.05, 4.69) is 9.97 Å². The molecule has 5 nitrogen and oxygen atoms in total. The molecule has 11 heavy (non-hydrogen) atoms. The normalized spacial score (nSPS) is 11.5. The predicted octanol–water partition coefficient (Wildman–Crippen LogP) is 0.377. The first-order valence-corrected chi connectivity index (χ1v) is 4.27. The van der Waals surface area contributed by atoms with E-state index in [1.165, 1.54) is 0 Å². The molecule has 0 bridgehead atoms. The van der Waals surface area contributed by atoms with Crippen molar-refractivity contribution in [3.8, 4) is 0 Å². The Morgan fingerprint density at radius 2 is 2.00 bits per heavy atom. The van der Waals surface area contributed by atoms with Gasteiger partial charge in [-0.25, -0.2) is 9.97 Å². The second-order valence-electron chi connectivity index (χ2n) is 1.65. The third-order valence-corrected chi connectivity index (χ3v) is 1.80. The van der Waals surface area contributed by atoms with Crippen LogP contribution >= 0.6 is 11.6 Å². The summed E-state index contributed by atoms with van der Waals surface area (Å²) in [7, 11) is -4.25. The maximum absolute atomic E-state index is 10.4. The second kappa shape index (κ2) is 2.72. The SMILES string of the molecule is O=S(=O)(O)c1cnc(Cl)cn1. The van der Waals surface area contributed by atoms with Crippen molar-refractivity contribution in [2.45, 2.75) is 5.03 Å². The second-order valence-corrected chi connectivity index (χ2v) is 3.41. The molecule has 0 aliphatic carbocycles. The van der Waals surface area contributed by atoms with Crippen molar-refractivity contribution >= 4 is 21.7 Å². The molecule has 0 aliphatic heterocycles. The van der Waals surface area contributed by atoms with Gasteiger partial charge in [-0.3, -0.25) is 4.55 Å². The number of rotatable bonds is 1. The van der Waals surface area contributed by atoms with E-state index in [9.17, 15) is 8.42 Å². The highest BCUT2D eigenvalue weighted by Crippen LogP contribution is 2.05. The molecule has 0 amide bonds. The zero-order valence-electron chi connectivity index (χ0n) is 5.10. The third-order valence-electron chi connectivity index (χ3n) is 0.861. The van der Waals surface area contributed by atoms with Gasteiger partial charge in [0.1, 0.15) is 5.15 Å². The van der Waals surface area contributed by atoms with Gasteiger partial charge in [0.2, 0.25) is 5.03 Å². The molecule has 7 heteroatoms. The molecule has 60 valence electrons. The number of halogens is 1. The molecular formula is C4H3ClN2O3S. The fourth-order valence-corrected chi connectivity index (χ4v) is 0.903. The van der Waals surface area contributed by atoms with Crippen LogP contribution in [-0.2, 0) is 10.1 Å². The zero-order valence-corrected chi connectivity index (χ0v) is 6.67. The highest BCUT2D eigenvalue weighted by atomic mass is 35.5. The van der Waals surface area contributed by atoms with E-state index in [4.69, 9.17) is 16.2 Å². The van der Waals surface area contributed by atoms with E-state index in [0.717, 1.165) is 12.4 Å². The van der Waals surface area contributed by atoms with E-state index < -0.39 is 15.1 Å². The van der Waals surface area contributed by atoms with E-state index >= 15 is 0 Å². The average molecular weight is 195 g/mol. The van der Waals surface area contributed by atoms with Crippen molar-refractivity contribution < 1.29 is 13.0 Å². The molecule has 0 saturated carbocycles. The Kier molecular flexibility index (Phi) is 2.08. The summed E-state index contributed by atoms with van der Waals surface area (Å²) >= 11 is 5.31. The Bertz CT molecular complexity index is 346. The van der Waals surface area contributed by atoms with E-state index in [1.807, 2.05) is 0 Å². The van der Waals surface area contributed by atoms with E-state index in [-0.39, 0.29) is 5.15 Å². The van der Waals surface area contributed by atoms with Crippen molar-refractivity contribution in [2.75, 3.05) is 0 Å². The van der Waals surface area contributed by atoms with Gasteiger partial charge >= 0.3 is 10.1 Å². The highest BCUT2D eigenvalue weighted by Gasteiger charge is 2.10. The molecule has 1 heterocycles. The standard InChI is InChI=1S/C4H3ClN2O3S/c5-3-1-7-4(2-6-3)11(8,9)10/h1-2H,(H,8,9,10). The van der Waals surface area contributed by atoms with Gasteiger partial charge in [0, 0.05) is 0 Å². The van der Waals surface area contributed by atoms with Crippen LogP contribution < -0.4 is 0 Å². The van der Waals surface area contributed by atoms with Crippen LogP contribution in [0.15, 0.2) is 17.4 Å². The van der Waals surface area contributed by atoms with Crippen molar-refractivity contribution in [1.82, 2.24) is 9.97 Å². The Balaban J connectivity index is 3.20. The Morgan fingerprint density at radius 1 is 1.36 bits per heavy atom. The number of hydrogen-bond donors (Lipinski definition) is 1. The summed E-state index contributed by atoms with van der Waals surface area (Å²) in [5.74, 6) is 0. The van der Waals surface area contributed by atoms with E-state index in [1.54, 1.807) is 0 Å². The van der Waals surface area contributed by atoms with E-state index in [0.29, 0.717) is 0 Å². The van der Waals surface area contributed by atoms with Crippen LogP contribution in [0.5, 0.6) is 0 Å². The number of aromatic nitrogens is 2. The Labute approximate surface area is 67.8 Å². The molecule has 0 saturated heterocycles. The van der Waals surface area contributed by atoms with Crippen LogP contribution in [-0.4, -0.2) is 22.9 Å². The molecule has 0 radical (unpaired) electrons. The first kappa shape index (κ1) is 8.38. The largest absolute Gasteiger partial charge is 0.313 e. The average Bonchev–Trinajstić information content (AvgIpc) is 1.86. The fourth-order valence-electron chi connectivity index (χ4n) is 0.434. The van der Waals surface area contributed by atoms with Gasteiger partial charge in [0.15, 0.2) is 0 Å². The molecule has 1 aromatic rings. The van der Waals surface area contributed by atoms with Crippen LogP contribution in [0.25, 0.3) is 0 Å². The summed E-state index contributed by atoms with van der Waals surface area (Å²) in [6.45, 7) is 0. The molecule has 0 atom stereocenters. The summed E-state index contributed by atoms with van der Waals surface area (Å²) in [4.78, 5) is 6.73. The Morgan fingerprint density at radius 3 is 2.36 bits per heavy atom. The minimum absolute atomic E-state index is 0.0670. The van der Waals surface area contributed by atoms with Gasteiger partial charge in [-0.05, 0) is 0 Å². The van der Waals surface area contributed by atoms with Crippen LogP contribution in [0.4, 0.5) is 0 Å². The quantitative estimate of drug-likeness (QED) is 0.654. The molecule has 1 aromatic heterocycles. The molecule has 1 N–H and O–H groups in total. The summed E-state index contributed by atoms with van der Waals surface area (Å²) in [6.07, 6.45) is 1.91. The monoisotopic (exact) mass is 194 g/mol. The van der Waals surface area contributed by atoms with Gasteiger partial charge in [0.25, 0.3) is 0 Å². The molecule has 1 rings (SSSR count). The van der Waals surface area contributed by atoms with Crippen LogP contribution in [0, 0.1) is 0 Å². The first-order chi connectivity index (χ1) is 5.00. The molecule has 0 unspecified atom stereocenters. The van der Waals surface area contributed by atoms with Crippen molar-refractivity contribution in [2.24, 2.45) is 0 Å². The zero-order chi connectivity index (χ0) is 8.48. The van der Waals surface area contributed by atoms with Crippen LogP contribution in [0.2, 0.25) is 5.15 Å². The smallest absolute Gasteiger partial charge is 0.281 e. The van der Waals surface area contributed by atoms with Crippen LogP contribution in [0.1, 0.15) is 0 Å². The van der Waals surface area contributed by atoms with Crippen LogP contribution in [0.3, 0.4) is 0 Å². The van der Waals surface area contributed by atoms with Crippen molar-refractivity contribution in [3.63, 3.8) is 0 Å². The molecule has 0 aliphatic rings. The number of hydrogen-bond acceptors (Lipinski definition) is 4. The van der Waals surface area contributed by atoms with Gasteiger partial charge in [-0.1, -0.05) is 11.6 Å². The lowest BCUT2D eigenvalue weighted by molar-refractivity contribution is 0.478. The molecule has 0 spiro atoms. The van der Waals surface area contributed by atoms with Gasteiger partial charge in [-0.2, -0.15) is 8.42 Å². The maximum atomic E-state index is 10.4. The van der Waals surface area contributed by atoms with Gasteiger partial charge < -0.3 is 0 Å². The minimum atomic E-state index is -4.25. The fraction of sp³-hybridized carbons (Fsp3) is 0.